The van der Waals surface area contributed by atoms with Crippen LogP contribution in [0.15, 0.2) is 21.5 Å². The minimum Gasteiger partial charge on any atom is -0.377 e. The summed E-state index contributed by atoms with van der Waals surface area (Å²) in [6, 6.07) is -0.304. The maximum absolute atomic E-state index is 12.9. The summed E-state index contributed by atoms with van der Waals surface area (Å²) in [6.45, 7) is 3.70. The molecule has 3 N–H and O–H groups in total. The molecule has 0 bridgehead atoms. The Balaban J connectivity index is 1.59. The van der Waals surface area contributed by atoms with Crippen LogP contribution >= 0.6 is 11.3 Å². The Kier molecular flexibility index (Phi) is 9.07. The van der Waals surface area contributed by atoms with Crippen LogP contribution < -0.4 is 16.0 Å². The van der Waals surface area contributed by atoms with Crippen LogP contribution in [0.2, 0.25) is 0 Å². The van der Waals surface area contributed by atoms with Crippen LogP contribution in [0.4, 0.5) is 0 Å². The highest BCUT2D eigenvalue weighted by Gasteiger charge is 2.49. The number of epoxide rings is 1. The van der Waals surface area contributed by atoms with Crippen molar-refractivity contribution in [2.75, 3.05) is 20.3 Å². The van der Waals surface area contributed by atoms with E-state index in [1.54, 1.807) is 17.8 Å². The second-order valence-corrected chi connectivity index (χ2v) is 9.05. The molecule has 1 aliphatic rings. The Morgan fingerprint density at radius 2 is 2.03 bits per heavy atom. The molecule has 3 rings (SSSR count). The van der Waals surface area contributed by atoms with Crippen LogP contribution in [0.3, 0.4) is 0 Å². The molecular weight excluding hydrogens is 478 g/mol. The molecule has 35 heavy (non-hydrogen) atoms. The molecule has 0 radical (unpaired) electrons. The first-order chi connectivity index (χ1) is 16.8. The van der Waals surface area contributed by atoms with Gasteiger partial charge in [0.25, 0.3) is 5.91 Å². The quantitative estimate of drug-likeness (QED) is 0.306. The predicted octanol–water partition coefficient (Wildman–Crippen LogP) is 0.378. The number of rotatable bonds is 14. The average Bonchev–Trinajstić information content (AvgIpc) is 3.19. The van der Waals surface area contributed by atoms with Gasteiger partial charge in [-0.25, -0.2) is 4.98 Å². The number of amides is 3. The van der Waals surface area contributed by atoms with Crippen molar-refractivity contribution < 1.29 is 33.2 Å². The first-order valence-electron chi connectivity index (χ1n) is 11.1. The van der Waals surface area contributed by atoms with Gasteiger partial charge in [-0.3, -0.25) is 19.2 Å². The van der Waals surface area contributed by atoms with E-state index in [9.17, 15) is 19.2 Å². The molecule has 3 atom stereocenters. The van der Waals surface area contributed by atoms with E-state index >= 15 is 0 Å². The Morgan fingerprint density at radius 3 is 2.66 bits per heavy atom. The van der Waals surface area contributed by atoms with Gasteiger partial charge in [-0.1, -0.05) is 18.5 Å². The van der Waals surface area contributed by atoms with Crippen LogP contribution in [0.5, 0.6) is 0 Å². The van der Waals surface area contributed by atoms with Crippen LogP contribution in [0, 0.1) is 0 Å². The van der Waals surface area contributed by atoms with Crippen molar-refractivity contribution in [3.05, 3.63) is 34.1 Å². The van der Waals surface area contributed by atoms with E-state index in [1.807, 2.05) is 6.92 Å². The van der Waals surface area contributed by atoms with Crippen molar-refractivity contribution in [2.24, 2.45) is 0 Å². The standard InChI is InChI=1S/C22H29N5O7S/c1-4-5-15(19(29)22(2)11-33-22)25-18(28)8-23-20(30)16(6-13-10-35-12-24-13)26-21(31)17-7-14(9-32-3)34-27-17/h7,10,12,15-16H,4-6,8-9,11H2,1-3H3,(H,23,30)(H,25,28)(H,26,31)/t15-,16?,22?/m0/s1. The van der Waals surface area contributed by atoms with Crippen LogP contribution in [-0.2, 0) is 36.9 Å². The van der Waals surface area contributed by atoms with Crippen LogP contribution in [-0.4, -0.2) is 71.6 Å². The highest BCUT2D eigenvalue weighted by Crippen LogP contribution is 2.29. The van der Waals surface area contributed by atoms with Gasteiger partial charge in [-0.2, -0.15) is 0 Å². The zero-order valence-corrected chi connectivity index (χ0v) is 20.6. The summed E-state index contributed by atoms with van der Waals surface area (Å²) in [4.78, 5) is 54.7. The maximum Gasteiger partial charge on any atom is 0.274 e. The van der Waals surface area contributed by atoms with E-state index in [2.05, 4.69) is 26.1 Å². The summed E-state index contributed by atoms with van der Waals surface area (Å²) in [6.07, 6.45) is 1.26. The van der Waals surface area contributed by atoms with Gasteiger partial charge in [-0.05, 0) is 13.3 Å². The molecule has 13 heteroatoms. The molecule has 0 spiro atoms. The number of ether oxygens (including phenoxy) is 2. The molecule has 0 aromatic carbocycles. The van der Waals surface area contributed by atoms with E-state index in [4.69, 9.17) is 14.0 Å². The number of Topliss-reactive ketones (excluding diaryl/α,β-unsaturated/α-hetero) is 1. The van der Waals surface area contributed by atoms with E-state index in [0.717, 1.165) is 0 Å². The normalized spacial score (nSPS) is 18.4. The highest BCUT2D eigenvalue weighted by atomic mass is 32.1. The van der Waals surface area contributed by atoms with Gasteiger partial charge in [0.15, 0.2) is 17.2 Å². The van der Waals surface area contributed by atoms with E-state index in [0.29, 0.717) is 30.9 Å². The summed E-state index contributed by atoms with van der Waals surface area (Å²) in [5.41, 5.74) is 1.35. The molecule has 0 aliphatic carbocycles. The molecule has 2 aromatic rings. The van der Waals surface area contributed by atoms with Crippen molar-refractivity contribution in [2.45, 2.75) is 57.4 Å². The number of carbonyl (C=O) groups is 4. The molecule has 0 saturated carbocycles. The first kappa shape index (κ1) is 26.4. The monoisotopic (exact) mass is 507 g/mol. The van der Waals surface area contributed by atoms with Crippen LogP contribution in [0.1, 0.15) is 48.6 Å². The zero-order valence-electron chi connectivity index (χ0n) is 19.8. The number of hydrogen-bond acceptors (Lipinski definition) is 10. The van der Waals surface area contributed by atoms with Crippen molar-refractivity contribution in [3.63, 3.8) is 0 Å². The minimum atomic E-state index is -1.02. The van der Waals surface area contributed by atoms with Crippen LogP contribution in [0.25, 0.3) is 0 Å². The topological polar surface area (TPSA) is 165 Å². The average molecular weight is 508 g/mol. The van der Waals surface area contributed by atoms with Gasteiger partial charge in [-0.15, -0.1) is 11.3 Å². The Labute approximate surface area is 206 Å². The third kappa shape index (κ3) is 7.41. The largest absolute Gasteiger partial charge is 0.377 e. The fourth-order valence-electron chi connectivity index (χ4n) is 3.33. The molecule has 1 fully saturated rings. The lowest BCUT2D eigenvalue weighted by Crippen LogP contribution is -2.52. The lowest BCUT2D eigenvalue weighted by atomic mass is 9.97. The SMILES string of the molecule is CCC[C@H](NC(=O)CNC(=O)C(Cc1cscn1)NC(=O)c1cc(COC)on1)C(=O)C1(C)CO1. The third-order valence-electron chi connectivity index (χ3n) is 5.35. The smallest absolute Gasteiger partial charge is 0.274 e. The molecule has 3 heterocycles. The molecular formula is C22H29N5O7S. The molecule has 12 nitrogen and oxygen atoms in total. The van der Waals surface area contributed by atoms with Gasteiger partial charge < -0.3 is 29.9 Å². The van der Waals surface area contributed by atoms with Gasteiger partial charge >= 0.3 is 0 Å². The number of thiazole rings is 1. The van der Waals surface area contributed by atoms with E-state index in [1.165, 1.54) is 24.5 Å². The first-order valence-corrected chi connectivity index (χ1v) is 12.1. The molecule has 190 valence electrons. The predicted molar refractivity (Wildman–Crippen MR) is 124 cm³/mol. The van der Waals surface area contributed by atoms with Gasteiger partial charge in [0.05, 0.1) is 30.4 Å². The Bertz CT molecular complexity index is 1030. The lowest BCUT2D eigenvalue weighted by molar-refractivity contribution is -0.131. The zero-order chi connectivity index (χ0) is 25.4. The van der Waals surface area contributed by atoms with E-state index < -0.39 is 35.4 Å². The minimum absolute atomic E-state index is 0.0115. The molecule has 2 aromatic heterocycles. The van der Waals surface area contributed by atoms with Crippen molar-refractivity contribution in [3.8, 4) is 0 Å². The van der Waals surface area contributed by atoms with Gasteiger partial charge in [0.1, 0.15) is 18.2 Å². The summed E-state index contributed by atoms with van der Waals surface area (Å²) < 4.78 is 15.2. The summed E-state index contributed by atoms with van der Waals surface area (Å²) in [5.74, 6) is -1.56. The van der Waals surface area contributed by atoms with Gasteiger partial charge in [0.2, 0.25) is 11.8 Å². The third-order valence-corrected chi connectivity index (χ3v) is 5.98. The summed E-state index contributed by atoms with van der Waals surface area (Å²) >= 11 is 1.35. The van der Waals surface area contributed by atoms with E-state index in [-0.39, 0.29) is 31.0 Å². The Morgan fingerprint density at radius 1 is 1.26 bits per heavy atom. The summed E-state index contributed by atoms with van der Waals surface area (Å²) in [5, 5.41) is 13.2. The second kappa shape index (κ2) is 12.0. The molecule has 1 aliphatic heterocycles. The molecule has 3 amide bonds. The number of nitrogens with one attached hydrogen (secondary N) is 3. The van der Waals surface area contributed by atoms with Crippen molar-refractivity contribution in [1.82, 2.24) is 26.1 Å². The maximum atomic E-state index is 12.9. The van der Waals surface area contributed by atoms with Crippen molar-refractivity contribution >= 4 is 34.8 Å². The highest BCUT2D eigenvalue weighted by molar-refractivity contribution is 7.07. The molecule has 2 unspecified atom stereocenters. The number of aromatic nitrogens is 2. The Hall–Kier alpha value is -3.16. The van der Waals surface area contributed by atoms with Crippen molar-refractivity contribution in [1.29, 1.82) is 0 Å². The number of methoxy groups -OCH3 is 1. The second-order valence-electron chi connectivity index (χ2n) is 8.33. The number of ketones is 1. The number of hydrogen-bond donors (Lipinski definition) is 3. The fourth-order valence-corrected chi connectivity index (χ4v) is 3.90. The fraction of sp³-hybridized carbons (Fsp3) is 0.545. The number of nitrogens with zero attached hydrogens (tertiary/aromatic N) is 2. The molecule has 1 saturated heterocycles. The summed E-state index contributed by atoms with van der Waals surface area (Å²) in [7, 11) is 1.48. The van der Waals surface area contributed by atoms with Gasteiger partial charge in [0, 0.05) is 25.0 Å². The lowest BCUT2D eigenvalue weighted by Gasteiger charge is -2.20. The number of carbonyl (C=O) groups excluding carboxylic acids is 4.